The minimum atomic E-state index is -5.54. The van der Waals surface area contributed by atoms with Crippen molar-refractivity contribution in [3.63, 3.8) is 0 Å². The summed E-state index contributed by atoms with van der Waals surface area (Å²) in [7, 11) is -5.54. The number of aliphatic carboxylic acids is 1. The number of rotatable bonds is 8. The number of carboxylic acids is 1. The molecule has 0 radical (unpaired) electrons. The molecule has 0 aliphatic carbocycles. The van der Waals surface area contributed by atoms with Crippen LogP contribution in [0.3, 0.4) is 0 Å². The van der Waals surface area contributed by atoms with Gasteiger partial charge in [0.15, 0.2) is 5.34 Å². The molecule has 0 spiro atoms. The molecule has 0 aliphatic rings. The molecule has 39 heavy (non-hydrogen) atoms. The molecule has 214 valence electrons. The van der Waals surface area contributed by atoms with Gasteiger partial charge in [-0.1, -0.05) is 91.0 Å². The highest BCUT2D eigenvalue weighted by Gasteiger charge is 2.51. The molecule has 12 heteroatoms. The van der Waals surface area contributed by atoms with Gasteiger partial charge in [0.1, 0.15) is 5.34 Å². The first-order valence-electron chi connectivity index (χ1n) is 11.8. The fourth-order valence-corrected chi connectivity index (χ4v) is 4.35. The highest BCUT2D eigenvalue weighted by Crippen LogP contribution is 2.58. The van der Waals surface area contributed by atoms with Gasteiger partial charge in [-0.05, 0) is 19.4 Å². The summed E-state index contributed by atoms with van der Waals surface area (Å²) in [5.41, 5.74) is 10.7. The zero-order valence-electron chi connectivity index (χ0n) is 22.1. The van der Waals surface area contributed by atoms with E-state index in [2.05, 4.69) is 41.0 Å². The Hall–Kier alpha value is -3.41. The molecule has 0 aromatic heterocycles. The summed E-state index contributed by atoms with van der Waals surface area (Å²) in [5, 5.41) is 25.8. The highest BCUT2D eigenvalue weighted by molar-refractivity contribution is 7.61. The standard InChI is InChI=1S/C13H18NO7P.2C7H9N.H2O/c1-12(18,22(20,21)13(2,19)11(16)17)10(15)14-8-9-6-4-3-5-7-9;2*8-6-7-4-2-1-3-5-7;/h3-7,18-19H,8H2,1-2H3,(H,14,15)(H,16,17)(H,20,21);2*1-5H,6,8H2;1H2/t12-,13-;;;/m0.../s1. The van der Waals surface area contributed by atoms with Gasteiger partial charge in [0.2, 0.25) is 0 Å². The Balaban J connectivity index is 0.000000688. The van der Waals surface area contributed by atoms with Crippen molar-refractivity contribution in [2.45, 2.75) is 44.2 Å². The van der Waals surface area contributed by atoms with E-state index < -0.39 is 29.9 Å². The summed E-state index contributed by atoms with van der Waals surface area (Å²) < 4.78 is 12.0. The van der Waals surface area contributed by atoms with Crippen LogP contribution >= 0.6 is 7.37 Å². The van der Waals surface area contributed by atoms with Gasteiger partial charge in [0.05, 0.1) is 26.4 Å². The maximum absolute atomic E-state index is 12.0. The number of hydrogen-bond acceptors (Lipinski definition) is 7. The Kier molecular flexibility index (Phi) is 15.1. The molecule has 1 unspecified atom stereocenters. The average Bonchev–Trinajstić information content (AvgIpc) is 2.93. The number of carbonyl (C=O) groups excluding carboxylic acids is 2. The number of amides is 1. The summed E-state index contributed by atoms with van der Waals surface area (Å²) >= 11 is 0. The highest BCUT2D eigenvalue weighted by atomic mass is 31.2. The van der Waals surface area contributed by atoms with E-state index in [0.29, 0.717) is 19.4 Å². The number of benzene rings is 3. The van der Waals surface area contributed by atoms with Gasteiger partial charge in [-0.2, -0.15) is 0 Å². The second-order valence-electron chi connectivity index (χ2n) is 8.52. The Labute approximate surface area is 227 Å². The second kappa shape index (κ2) is 16.5. The smallest absolute Gasteiger partial charge is 0.258 e. The Bertz CT molecular complexity index is 1140. The van der Waals surface area contributed by atoms with Crippen molar-refractivity contribution in [2.75, 3.05) is 0 Å². The van der Waals surface area contributed by atoms with Crippen molar-refractivity contribution in [1.29, 1.82) is 0 Å². The Morgan fingerprint density at radius 1 is 0.769 bits per heavy atom. The molecule has 0 aliphatic heterocycles. The Morgan fingerprint density at radius 3 is 1.38 bits per heavy atom. The molecule has 3 aromatic rings. The second-order valence-corrected chi connectivity index (χ2v) is 11.4. The largest absolute Gasteiger partial charge is 0.795 e. The monoisotopic (exact) mass is 563 g/mol. The first-order chi connectivity index (χ1) is 17.8. The quantitative estimate of drug-likeness (QED) is 0.196. The van der Waals surface area contributed by atoms with Crippen LogP contribution in [0.2, 0.25) is 0 Å². The van der Waals surface area contributed by atoms with Crippen LogP contribution in [-0.4, -0.2) is 38.3 Å². The third kappa shape index (κ3) is 10.3. The molecule has 0 heterocycles. The fourth-order valence-electron chi connectivity index (χ4n) is 2.91. The van der Waals surface area contributed by atoms with Crippen molar-refractivity contribution in [2.24, 2.45) is 0 Å². The number of aliphatic hydroxyl groups is 2. The van der Waals surface area contributed by atoms with Crippen molar-refractivity contribution < 1.29 is 51.3 Å². The molecular formula is C27H38N3O8P. The van der Waals surface area contributed by atoms with Gasteiger partial charge >= 0.3 is 0 Å². The SMILES string of the molecule is C[C@@](O)(C(=O)[O-])P(=O)([O-])[C@](C)(O)C(=O)NCc1ccccc1.O.[NH3+]Cc1ccccc1.[NH3+]Cc1ccccc1. The number of hydrogen-bond donors (Lipinski definition) is 5. The number of nitrogens with one attached hydrogen (secondary N) is 1. The summed E-state index contributed by atoms with van der Waals surface area (Å²) in [4.78, 5) is 34.7. The molecular weight excluding hydrogens is 525 g/mol. The van der Waals surface area contributed by atoms with Crippen molar-refractivity contribution in [3.05, 3.63) is 108 Å². The summed E-state index contributed by atoms with van der Waals surface area (Å²) in [6.07, 6.45) is 0. The minimum absolute atomic E-state index is 0. The molecule has 1 amide bonds. The number of quaternary nitrogens is 2. The molecule has 0 saturated carbocycles. The van der Waals surface area contributed by atoms with Crippen LogP contribution < -0.4 is 26.8 Å². The van der Waals surface area contributed by atoms with Gasteiger partial charge in [-0.15, -0.1) is 0 Å². The van der Waals surface area contributed by atoms with E-state index in [1.807, 2.05) is 36.4 Å². The first kappa shape index (κ1) is 35.6. The lowest BCUT2D eigenvalue weighted by Crippen LogP contribution is -2.57. The molecule has 0 saturated heterocycles. The summed E-state index contributed by atoms with van der Waals surface area (Å²) in [6, 6.07) is 28.9. The third-order valence-electron chi connectivity index (χ3n) is 5.52. The number of carboxylic acid groups (broad SMARTS) is 1. The summed E-state index contributed by atoms with van der Waals surface area (Å²) in [6.45, 7) is 2.72. The van der Waals surface area contributed by atoms with E-state index in [1.54, 1.807) is 30.3 Å². The van der Waals surface area contributed by atoms with Gasteiger partial charge < -0.3 is 51.8 Å². The lowest BCUT2D eigenvalue weighted by molar-refractivity contribution is -0.386. The van der Waals surface area contributed by atoms with E-state index in [-0.39, 0.29) is 12.0 Å². The molecule has 3 atom stereocenters. The Morgan fingerprint density at radius 2 is 1.10 bits per heavy atom. The van der Waals surface area contributed by atoms with Crippen LogP contribution in [0.5, 0.6) is 0 Å². The third-order valence-corrected chi connectivity index (χ3v) is 8.20. The molecule has 11 N–H and O–H groups in total. The van der Waals surface area contributed by atoms with Gasteiger partial charge in [0, 0.05) is 17.7 Å². The van der Waals surface area contributed by atoms with Crippen molar-refractivity contribution in [3.8, 4) is 0 Å². The van der Waals surface area contributed by atoms with Crippen LogP contribution in [0.1, 0.15) is 30.5 Å². The first-order valence-corrected chi connectivity index (χ1v) is 13.4. The zero-order chi connectivity index (χ0) is 28.8. The topological polar surface area (TPSA) is 237 Å². The molecule has 0 fully saturated rings. The van der Waals surface area contributed by atoms with E-state index in [0.717, 1.165) is 13.1 Å². The van der Waals surface area contributed by atoms with E-state index in [9.17, 15) is 34.4 Å². The molecule has 11 nitrogen and oxygen atoms in total. The normalized spacial score (nSPS) is 14.6. The lowest BCUT2D eigenvalue weighted by Gasteiger charge is -2.45. The average molecular weight is 564 g/mol. The predicted molar refractivity (Wildman–Crippen MR) is 142 cm³/mol. The van der Waals surface area contributed by atoms with E-state index in [4.69, 9.17) is 0 Å². The van der Waals surface area contributed by atoms with E-state index >= 15 is 0 Å². The van der Waals surface area contributed by atoms with Crippen LogP contribution in [0, 0.1) is 0 Å². The molecule has 3 aromatic carbocycles. The van der Waals surface area contributed by atoms with Gasteiger partial charge in [0.25, 0.3) is 5.91 Å². The van der Waals surface area contributed by atoms with Crippen molar-refractivity contribution >= 4 is 19.2 Å². The molecule has 3 rings (SSSR count). The van der Waals surface area contributed by atoms with Crippen LogP contribution in [-0.2, 0) is 33.8 Å². The number of carbonyl (C=O) groups is 2. The maximum atomic E-state index is 12.0. The lowest BCUT2D eigenvalue weighted by atomic mass is 10.2. The maximum Gasteiger partial charge on any atom is 0.258 e. The fraction of sp³-hybridized carbons (Fsp3) is 0.259. The zero-order valence-corrected chi connectivity index (χ0v) is 23.0. The predicted octanol–water partition coefficient (Wildman–Crippen LogP) is -1.86. The van der Waals surface area contributed by atoms with Gasteiger partial charge in [-0.25, -0.2) is 0 Å². The summed E-state index contributed by atoms with van der Waals surface area (Å²) in [5.74, 6) is -3.68. The van der Waals surface area contributed by atoms with Crippen LogP contribution in [0.25, 0.3) is 0 Å². The van der Waals surface area contributed by atoms with E-state index in [1.165, 1.54) is 11.1 Å². The minimum Gasteiger partial charge on any atom is -0.795 e. The van der Waals surface area contributed by atoms with Crippen molar-refractivity contribution in [1.82, 2.24) is 5.32 Å². The van der Waals surface area contributed by atoms with Gasteiger partial charge in [-0.3, -0.25) is 4.79 Å². The van der Waals surface area contributed by atoms with Crippen LogP contribution in [0.15, 0.2) is 91.0 Å². The molecule has 0 bridgehead atoms. The van der Waals surface area contributed by atoms with Crippen LogP contribution in [0.4, 0.5) is 0 Å².